The molecule has 0 saturated heterocycles. The number of pyridine rings is 1. The van der Waals surface area contributed by atoms with Crippen LogP contribution in [0.15, 0.2) is 53.5 Å². The molecule has 0 aliphatic rings. The van der Waals surface area contributed by atoms with Crippen molar-refractivity contribution < 1.29 is 9.90 Å². The van der Waals surface area contributed by atoms with Gasteiger partial charge in [-0.2, -0.15) is 0 Å². The van der Waals surface area contributed by atoms with Gasteiger partial charge in [-0.05, 0) is 40.6 Å². The SMILES string of the molecule is O=C(Nc1cc2cc(=O)[nH]cc2cc1Cl)[C@H](O)c1cccc(Cl)c1. The molecule has 5 nitrogen and oxygen atoms in total. The second-order valence-electron chi connectivity index (χ2n) is 5.21. The van der Waals surface area contributed by atoms with Crippen LogP contribution >= 0.6 is 23.2 Å². The Morgan fingerprint density at radius 2 is 1.92 bits per heavy atom. The summed E-state index contributed by atoms with van der Waals surface area (Å²) in [5.41, 5.74) is 0.412. The molecule has 3 N–H and O–H groups in total. The number of aliphatic hydroxyl groups is 1. The molecule has 0 radical (unpaired) electrons. The average molecular weight is 363 g/mol. The van der Waals surface area contributed by atoms with Crippen LogP contribution in [0.4, 0.5) is 5.69 Å². The minimum Gasteiger partial charge on any atom is -0.378 e. The number of aromatic nitrogens is 1. The molecule has 3 aromatic rings. The van der Waals surface area contributed by atoms with E-state index >= 15 is 0 Å². The Kier molecular flexibility index (Phi) is 4.57. The highest BCUT2D eigenvalue weighted by Crippen LogP contribution is 2.28. The number of rotatable bonds is 3. The number of aromatic amines is 1. The third-order valence-corrected chi connectivity index (χ3v) is 4.05. The smallest absolute Gasteiger partial charge is 0.257 e. The number of halogens is 2. The topological polar surface area (TPSA) is 82.2 Å². The molecule has 24 heavy (non-hydrogen) atoms. The zero-order chi connectivity index (χ0) is 17.3. The maximum atomic E-state index is 12.2. The molecule has 0 aliphatic carbocycles. The second kappa shape index (κ2) is 6.65. The summed E-state index contributed by atoms with van der Waals surface area (Å²) in [6.07, 6.45) is 0.144. The molecule has 3 rings (SSSR count). The maximum Gasteiger partial charge on any atom is 0.257 e. The predicted molar refractivity (Wildman–Crippen MR) is 94.6 cm³/mol. The lowest BCUT2D eigenvalue weighted by atomic mass is 10.1. The molecular formula is C17H12Cl2N2O3. The molecule has 0 bridgehead atoms. The monoisotopic (exact) mass is 362 g/mol. The third-order valence-electron chi connectivity index (χ3n) is 3.50. The van der Waals surface area contributed by atoms with E-state index in [9.17, 15) is 14.7 Å². The van der Waals surface area contributed by atoms with Crippen molar-refractivity contribution in [3.63, 3.8) is 0 Å². The van der Waals surface area contributed by atoms with E-state index < -0.39 is 12.0 Å². The molecule has 2 aromatic carbocycles. The fraction of sp³-hybridized carbons (Fsp3) is 0.0588. The average Bonchev–Trinajstić information content (AvgIpc) is 2.55. The molecule has 0 aliphatic heterocycles. The van der Waals surface area contributed by atoms with Gasteiger partial charge < -0.3 is 15.4 Å². The molecular weight excluding hydrogens is 351 g/mol. The van der Waals surface area contributed by atoms with Gasteiger partial charge >= 0.3 is 0 Å². The van der Waals surface area contributed by atoms with Crippen LogP contribution in [0.1, 0.15) is 11.7 Å². The number of carbonyl (C=O) groups excluding carboxylic acids is 1. The molecule has 0 unspecified atom stereocenters. The normalized spacial score (nSPS) is 12.1. The number of amides is 1. The van der Waals surface area contributed by atoms with Gasteiger partial charge in [-0.1, -0.05) is 35.3 Å². The van der Waals surface area contributed by atoms with Gasteiger partial charge in [0.2, 0.25) is 5.56 Å². The lowest BCUT2D eigenvalue weighted by Gasteiger charge is -2.13. The highest BCUT2D eigenvalue weighted by atomic mass is 35.5. The number of nitrogens with one attached hydrogen (secondary N) is 2. The summed E-state index contributed by atoms with van der Waals surface area (Å²) in [6, 6.07) is 11.0. The predicted octanol–water partition coefficient (Wildman–Crippen LogP) is 3.51. The number of hydrogen-bond donors (Lipinski definition) is 3. The number of hydrogen-bond acceptors (Lipinski definition) is 3. The first-order valence-corrected chi connectivity index (χ1v) is 7.76. The Labute approximate surface area is 146 Å². The summed E-state index contributed by atoms with van der Waals surface area (Å²) in [4.78, 5) is 26.2. The van der Waals surface area contributed by atoms with Gasteiger partial charge in [0.05, 0.1) is 10.7 Å². The van der Waals surface area contributed by atoms with E-state index in [1.165, 1.54) is 18.3 Å². The first kappa shape index (κ1) is 16.5. The van der Waals surface area contributed by atoms with E-state index in [4.69, 9.17) is 23.2 Å². The van der Waals surface area contributed by atoms with Gasteiger partial charge in [0, 0.05) is 17.3 Å². The van der Waals surface area contributed by atoms with Crippen LogP contribution in [0.3, 0.4) is 0 Å². The number of carbonyl (C=O) groups is 1. The van der Waals surface area contributed by atoms with Gasteiger partial charge in [-0.3, -0.25) is 9.59 Å². The highest BCUT2D eigenvalue weighted by Gasteiger charge is 2.19. The second-order valence-corrected chi connectivity index (χ2v) is 6.05. The van der Waals surface area contributed by atoms with Gasteiger partial charge in [0.25, 0.3) is 5.91 Å². The molecule has 1 atom stereocenters. The van der Waals surface area contributed by atoms with Gasteiger partial charge in [-0.25, -0.2) is 0 Å². The minimum atomic E-state index is -1.39. The van der Waals surface area contributed by atoms with E-state index in [1.807, 2.05) is 0 Å². The van der Waals surface area contributed by atoms with E-state index in [0.29, 0.717) is 26.7 Å². The summed E-state index contributed by atoms with van der Waals surface area (Å²) >= 11 is 12.0. The van der Waals surface area contributed by atoms with Crippen molar-refractivity contribution in [2.75, 3.05) is 5.32 Å². The quantitative estimate of drug-likeness (QED) is 0.666. The van der Waals surface area contributed by atoms with Gasteiger partial charge in [0.15, 0.2) is 6.10 Å². The minimum absolute atomic E-state index is 0.263. The van der Waals surface area contributed by atoms with E-state index in [1.54, 1.807) is 30.3 Å². The van der Waals surface area contributed by atoms with E-state index in [0.717, 1.165) is 5.39 Å². The summed E-state index contributed by atoms with van der Waals surface area (Å²) in [5, 5.41) is 14.8. The van der Waals surface area contributed by atoms with Crippen molar-refractivity contribution in [3.8, 4) is 0 Å². The Bertz CT molecular complexity index is 985. The Hall–Kier alpha value is -2.34. The van der Waals surface area contributed by atoms with Gasteiger partial charge in [0.1, 0.15) is 0 Å². The molecule has 1 heterocycles. The lowest BCUT2D eigenvalue weighted by molar-refractivity contribution is -0.124. The highest BCUT2D eigenvalue weighted by molar-refractivity contribution is 6.34. The van der Waals surface area contributed by atoms with Crippen LogP contribution in [0.25, 0.3) is 10.8 Å². The molecule has 1 aromatic heterocycles. The van der Waals surface area contributed by atoms with Crippen LogP contribution in [0, 0.1) is 0 Å². The van der Waals surface area contributed by atoms with Crippen LogP contribution in [0.5, 0.6) is 0 Å². The fourth-order valence-electron chi connectivity index (χ4n) is 2.31. The van der Waals surface area contributed by atoms with E-state index in [2.05, 4.69) is 10.3 Å². The number of benzene rings is 2. The standard InChI is InChI=1S/C17H12Cl2N2O3/c18-12-3-1-2-9(4-12)16(23)17(24)21-14-6-10-7-15(22)20-8-11(10)5-13(14)19/h1-8,16,23H,(H,20,22)(H,21,24)/t16-/m1/s1. The van der Waals surface area contributed by atoms with Crippen LogP contribution in [-0.4, -0.2) is 16.0 Å². The van der Waals surface area contributed by atoms with Crippen molar-refractivity contribution in [3.05, 3.63) is 74.6 Å². The molecule has 1 amide bonds. The Morgan fingerprint density at radius 1 is 1.12 bits per heavy atom. The largest absolute Gasteiger partial charge is 0.378 e. The number of fused-ring (bicyclic) bond motifs is 1. The number of H-pyrrole nitrogens is 1. The first-order chi connectivity index (χ1) is 11.4. The molecule has 0 saturated carbocycles. The zero-order valence-electron chi connectivity index (χ0n) is 12.2. The summed E-state index contributed by atoms with van der Waals surface area (Å²) in [7, 11) is 0. The molecule has 122 valence electrons. The maximum absolute atomic E-state index is 12.2. The van der Waals surface area contributed by atoms with E-state index in [-0.39, 0.29) is 5.56 Å². The fourth-order valence-corrected chi connectivity index (χ4v) is 2.73. The first-order valence-electron chi connectivity index (χ1n) is 7.00. The van der Waals surface area contributed by atoms with Crippen molar-refractivity contribution in [2.24, 2.45) is 0 Å². The van der Waals surface area contributed by atoms with Crippen molar-refractivity contribution in [1.82, 2.24) is 4.98 Å². The van der Waals surface area contributed by atoms with Crippen LogP contribution in [-0.2, 0) is 4.79 Å². The zero-order valence-corrected chi connectivity index (χ0v) is 13.7. The van der Waals surface area contributed by atoms with Crippen LogP contribution < -0.4 is 10.9 Å². The van der Waals surface area contributed by atoms with Gasteiger partial charge in [-0.15, -0.1) is 0 Å². The number of aliphatic hydroxyl groups excluding tert-OH is 1. The Balaban J connectivity index is 1.89. The lowest BCUT2D eigenvalue weighted by Crippen LogP contribution is -2.21. The number of anilines is 1. The van der Waals surface area contributed by atoms with Crippen molar-refractivity contribution in [1.29, 1.82) is 0 Å². The van der Waals surface area contributed by atoms with Crippen molar-refractivity contribution in [2.45, 2.75) is 6.10 Å². The Morgan fingerprint density at radius 3 is 2.67 bits per heavy atom. The summed E-state index contributed by atoms with van der Waals surface area (Å²) in [5.74, 6) is -0.650. The van der Waals surface area contributed by atoms with Crippen molar-refractivity contribution >= 4 is 45.6 Å². The molecule has 7 heteroatoms. The molecule has 0 fully saturated rings. The molecule has 0 spiro atoms. The summed E-state index contributed by atoms with van der Waals surface area (Å²) < 4.78 is 0. The third kappa shape index (κ3) is 3.43. The summed E-state index contributed by atoms with van der Waals surface area (Å²) in [6.45, 7) is 0. The van der Waals surface area contributed by atoms with Crippen LogP contribution in [0.2, 0.25) is 10.0 Å².